The number of aliphatic carboxylic acids is 1. The topological polar surface area (TPSA) is 57.5 Å². The number of benzene rings is 1. The van der Waals surface area contributed by atoms with Gasteiger partial charge in [0.1, 0.15) is 0 Å². The van der Waals surface area contributed by atoms with E-state index in [1.807, 2.05) is 37.3 Å². The number of aliphatic hydroxyl groups excluding tert-OH is 1. The maximum atomic E-state index is 10.3. The molecule has 3 heteroatoms. The molecule has 0 aromatic heterocycles. The van der Waals surface area contributed by atoms with Gasteiger partial charge >= 0.3 is 5.97 Å². The van der Waals surface area contributed by atoms with Crippen LogP contribution in [-0.2, 0) is 4.79 Å². The van der Waals surface area contributed by atoms with E-state index in [1.54, 1.807) is 0 Å². The van der Waals surface area contributed by atoms with Crippen LogP contribution in [0.25, 0.3) is 5.57 Å². The number of hydrogen-bond donors (Lipinski definition) is 2. The third-order valence-electron chi connectivity index (χ3n) is 2.69. The van der Waals surface area contributed by atoms with Crippen LogP contribution >= 0.6 is 0 Å². The Kier molecular flexibility index (Phi) is 5.27. The first kappa shape index (κ1) is 13.3. The van der Waals surface area contributed by atoms with Crippen molar-refractivity contribution in [2.45, 2.75) is 32.6 Å². The number of carboxylic acid groups (broad SMARTS) is 1. The summed E-state index contributed by atoms with van der Waals surface area (Å²) in [5, 5.41) is 18.4. The van der Waals surface area contributed by atoms with Crippen molar-refractivity contribution in [3.05, 3.63) is 41.7 Å². The molecule has 0 amide bonds. The van der Waals surface area contributed by atoms with Crippen LogP contribution in [0.4, 0.5) is 0 Å². The molecule has 3 nitrogen and oxygen atoms in total. The van der Waals surface area contributed by atoms with Crippen molar-refractivity contribution in [1.82, 2.24) is 0 Å². The second kappa shape index (κ2) is 6.74. The first-order valence-electron chi connectivity index (χ1n) is 5.77. The highest BCUT2D eigenvalue weighted by Crippen LogP contribution is 2.20. The average molecular weight is 234 g/mol. The van der Waals surface area contributed by atoms with Crippen molar-refractivity contribution in [2.24, 2.45) is 0 Å². The van der Waals surface area contributed by atoms with Gasteiger partial charge in [-0.25, -0.2) is 0 Å². The molecule has 0 spiro atoms. The Bertz CT molecular complexity index is 393. The minimum atomic E-state index is -0.784. The van der Waals surface area contributed by atoms with Crippen LogP contribution in [0.15, 0.2) is 36.1 Å². The van der Waals surface area contributed by atoms with Gasteiger partial charge in [0.2, 0.25) is 0 Å². The molecule has 0 bridgehead atoms. The highest BCUT2D eigenvalue weighted by Gasteiger charge is 2.04. The van der Waals surface area contributed by atoms with Gasteiger partial charge in [0.15, 0.2) is 0 Å². The van der Waals surface area contributed by atoms with Gasteiger partial charge in [-0.3, -0.25) is 4.79 Å². The summed E-state index contributed by atoms with van der Waals surface area (Å²) in [5.41, 5.74) is 1.86. The molecule has 1 aromatic rings. The largest absolute Gasteiger partial charge is 0.512 e. The van der Waals surface area contributed by atoms with Crippen molar-refractivity contribution in [1.29, 1.82) is 0 Å². The van der Waals surface area contributed by atoms with Crippen LogP contribution in [0.3, 0.4) is 0 Å². The van der Waals surface area contributed by atoms with Gasteiger partial charge in [0.25, 0.3) is 0 Å². The van der Waals surface area contributed by atoms with Gasteiger partial charge < -0.3 is 10.2 Å². The maximum absolute atomic E-state index is 10.3. The van der Waals surface area contributed by atoms with E-state index in [-0.39, 0.29) is 6.42 Å². The van der Waals surface area contributed by atoms with Crippen molar-refractivity contribution in [2.75, 3.05) is 0 Å². The second-order valence-electron chi connectivity index (χ2n) is 4.04. The van der Waals surface area contributed by atoms with Crippen molar-refractivity contribution in [3.8, 4) is 0 Å². The Morgan fingerprint density at radius 3 is 2.24 bits per heavy atom. The number of allylic oxidation sites excluding steroid dienone is 2. The van der Waals surface area contributed by atoms with Crippen LogP contribution < -0.4 is 0 Å². The lowest BCUT2D eigenvalue weighted by Crippen LogP contribution is -1.95. The second-order valence-corrected chi connectivity index (χ2v) is 4.04. The van der Waals surface area contributed by atoms with E-state index < -0.39 is 5.97 Å². The highest BCUT2D eigenvalue weighted by atomic mass is 16.4. The molecule has 0 saturated carbocycles. The lowest BCUT2D eigenvalue weighted by molar-refractivity contribution is -0.137. The van der Waals surface area contributed by atoms with E-state index in [1.165, 1.54) is 0 Å². The summed E-state index contributed by atoms with van der Waals surface area (Å²) in [7, 11) is 0. The summed E-state index contributed by atoms with van der Waals surface area (Å²) >= 11 is 0. The lowest BCUT2D eigenvalue weighted by atomic mass is 10.0. The number of unbranched alkanes of at least 4 members (excludes halogenated alkanes) is 1. The number of rotatable bonds is 6. The Morgan fingerprint density at radius 1 is 1.06 bits per heavy atom. The first-order valence-corrected chi connectivity index (χ1v) is 5.77. The Labute approximate surface area is 101 Å². The average Bonchev–Trinajstić information content (AvgIpc) is 2.34. The predicted octanol–water partition coefficient (Wildman–Crippen LogP) is 3.62. The Balaban J connectivity index is 2.50. The molecule has 92 valence electrons. The van der Waals surface area contributed by atoms with E-state index in [9.17, 15) is 9.90 Å². The third-order valence-corrected chi connectivity index (χ3v) is 2.69. The zero-order valence-electron chi connectivity index (χ0n) is 10.0. The molecular weight excluding hydrogens is 216 g/mol. The standard InChI is InChI=1S/C14H18O3/c1-11(12-7-3-2-4-8-12)13(15)9-5-6-10-14(16)17/h2-4,7-8,15H,5-6,9-10H2,1H3,(H,16,17). The molecule has 0 aliphatic heterocycles. The number of carbonyl (C=O) groups is 1. The van der Waals surface area contributed by atoms with Gasteiger partial charge in [-0.1, -0.05) is 30.3 Å². The van der Waals surface area contributed by atoms with Crippen LogP contribution in [0.5, 0.6) is 0 Å². The summed E-state index contributed by atoms with van der Waals surface area (Å²) < 4.78 is 0. The monoisotopic (exact) mass is 234 g/mol. The maximum Gasteiger partial charge on any atom is 0.303 e. The summed E-state index contributed by atoms with van der Waals surface area (Å²) in [6, 6.07) is 9.68. The molecular formula is C14H18O3. The van der Waals surface area contributed by atoms with Crippen LogP contribution in [0.2, 0.25) is 0 Å². The van der Waals surface area contributed by atoms with E-state index in [0.717, 1.165) is 11.1 Å². The molecule has 0 atom stereocenters. The Morgan fingerprint density at radius 2 is 1.65 bits per heavy atom. The summed E-state index contributed by atoms with van der Waals surface area (Å²) in [6.07, 6.45) is 2.00. The molecule has 2 N–H and O–H groups in total. The van der Waals surface area contributed by atoms with Gasteiger partial charge in [0, 0.05) is 12.8 Å². The van der Waals surface area contributed by atoms with Crippen molar-refractivity contribution >= 4 is 11.5 Å². The SMILES string of the molecule is CC(=C(O)CCCCC(=O)O)c1ccccc1. The first-order chi connectivity index (χ1) is 8.11. The molecule has 0 saturated heterocycles. The van der Waals surface area contributed by atoms with E-state index in [0.29, 0.717) is 25.0 Å². The van der Waals surface area contributed by atoms with E-state index >= 15 is 0 Å². The van der Waals surface area contributed by atoms with E-state index in [4.69, 9.17) is 5.11 Å². The molecule has 1 rings (SSSR count). The zero-order chi connectivity index (χ0) is 12.7. The highest BCUT2D eigenvalue weighted by molar-refractivity contribution is 5.66. The van der Waals surface area contributed by atoms with Crippen molar-refractivity contribution < 1.29 is 15.0 Å². The van der Waals surface area contributed by atoms with Gasteiger partial charge in [-0.2, -0.15) is 0 Å². The summed E-state index contributed by atoms with van der Waals surface area (Å²) in [6.45, 7) is 1.88. The number of carboxylic acids is 1. The third kappa shape index (κ3) is 4.72. The fourth-order valence-electron chi connectivity index (χ4n) is 1.61. The molecule has 0 heterocycles. The smallest absolute Gasteiger partial charge is 0.303 e. The fraction of sp³-hybridized carbons (Fsp3) is 0.357. The molecule has 17 heavy (non-hydrogen) atoms. The normalized spacial score (nSPS) is 12.1. The lowest BCUT2D eigenvalue weighted by Gasteiger charge is -2.06. The summed E-state index contributed by atoms with van der Waals surface area (Å²) in [4.78, 5) is 10.3. The number of hydrogen-bond acceptors (Lipinski definition) is 2. The molecule has 0 unspecified atom stereocenters. The Hall–Kier alpha value is -1.77. The van der Waals surface area contributed by atoms with Crippen LogP contribution in [0, 0.1) is 0 Å². The number of aliphatic hydroxyl groups is 1. The zero-order valence-corrected chi connectivity index (χ0v) is 10.0. The molecule has 0 aliphatic rings. The van der Waals surface area contributed by atoms with Gasteiger partial charge in [-0.05, 0) is 30.9 Å². The summed E-state index contributed by atoms with van der Waals surface area (Å²) in [5.74, 6) is -0.435. The van der Waals surface area contributed by atoms with Gasteiger partial charge in [0.05, 0.1) is 5.76 Å². The fourth-order valence-corrected chi connectivity index (χ4v) is 1.61. The molecule has 0 fully saturated rings. The quantitative estimate of drug-likeness (QED) is 0.583. The van der Waals surface area contributed by atoms with Crippen molar-refractivity contribution in [3.63, 3.8) is 0 Å². The predicted molar refractivity (Wildman–Crippen MR) is 67.8 cm³/mol. The van der Waals surface area contributed by atoms with Crippen LogP contribution in [-0.4, -0.2) is 16.2 Å². The van der Waals surface area contributed by atoms with Gasteiger partial charge in [-0.15, -0.1) is 0 Å². The minimum absolute atomic E-state index is 0.164. The minimum Gasteiger partial charge on any atom is -0.512 e. The van der Waals surface area contributed by atoms with Crippen LogP contribution in [0.1, 0.15) is 38.2 Å². The molecule has 0 aliphatic carbocycles. The molecule has 1 aromatic carbocycles. The van der Waals surface area contributed by atoms with E-state index in [2.05, 4.69) is 0 Å². The molecule has 0 radical (unpaired) electrons.